The molecule has 1 atom stereocenters. The van der Waals surface area contributed by atoms with E-state index in [2.05, 4.69) is 20.4 Å². The van der Waals surface area contributed by atoms with E-state index in [9.17, 15) is 4.79 Å². The number of hydrogen-bond donors (Lipinski definition) is 1. The lowest BCUT2D eigenvalue weighted by Gasteiger charge is -2.21. The van der Waals surface area contributed by atoms with Gasteiger partial charge in [-0.2, -0.15) is 5.10 Å². The molecule has 0 fully saturated rings. The van der Waals surface area contributed by atoms with Gasteiger partial charge in [0.1, 0.15) is 17.6 Å². The first-order valence-electron chi connectivity index (χ1n) is 8.73. The van der Waals surface area contributed by atoms with Gasteiger partial charge in [-0.05, 0) is 39.3 Å². The third kappa shape index (κ3) is 4.69. The summed E-state index contributed by atoms with van der Waals surface area (Å²) in [7, 11) is 0. The normalized spacial score (nSPS) is 13.0. The molecule has 3 rings (SSSR count). The molecule has 2 aromatic heterocycles. The number of fused-ring (bicyclic) bond motifs is 1. The minimum atomic E-state index is -0.519. The van der Waals surface area contributed by atoms with Crippen molar-refractivity contribution in [2.45, 2.75) is 39.3 Å². The largest absolute Gasteiger partial charge is 0.444 e. The van der Waals surface area contributed by atoms with Crippen LogP contribution in [-0.4, -0.2) is 37.5 Å². The molecule has 7 heteroatoms. The molecule has 7 nitrogen and oxygen atoms in total. The van der Waals surface area contributed by atoms with E-state index in [4.69, 9.17) is 4.74 Å². The molecular formula is C20H23N5O2. The molecule has 27 heavy (non-hydrogen) atoms. The zero-order chi connectivity index (χ0) is 19.4. The standard InChI is InChI=1S/C20H23N5O2/c1-14(24-19(26)27-20(2,3)4)8-9-15-6-5-7-18-17(15)12-23-25(18)16-10-21-13-22-11-16/h5-14H,1-4H3,(H,24,26)/b9-8+/t14-/m0/s1. The third-order valence-corrected chi connectivity index (χ3v) is 3.75. The van der Waals surface area contributed by atoms with Gasteiger partial charge in [-0.15, -0.1) is 0 Å². The van der Waals surface area contributed by atoms with Crippen LogP contribution in [0.1, 0.15) is 33.3 Å². The predicted octanol–water partition coefficient (Wildman–Crippen LogP) is 3.74. The van der Waals surface area contributed by atoms with Crippen LogP contribution in [0.25, 0.3) is 22.7 Å². The summed E-state index contributed by atoms with van der Waals surface area (Å²) in [6.45, 7) is 7.40. The van der Waals surface area contributed by atoms with Gasteiger partial charge >= 0.3 is 6.09 Å². The number of rotatable bonds is 4. The number of nitrogens with zero attached hydrogens (tertiary/aromatic N) is 4. The first-order valence-corrected chi connectivity index (χ1v) is 8.73. The molecule has 0 aliphatic rings. The SMILES string of the molecule is C[C@@H](/C=C/c1cccc2c1cnn2-c1cncnc1)NC(=O)OC(C)(C)C. The summed E-state index contributed by atoms with van der Waals surface area (Å²) in [6, 6.07) is 5.80. The Labute approximate surface area is 158 Å². The van der Waals surface area contributed by atoms with Crippen molar-refractivity contribution in [1.82, 2.24) is 25.1 Å². The molecule has 1 N–H and O–H groups in total. The summed E-state index contributed by atoms with van der Waals surface area (Å²) in [5.74, 6) is 0. The highest BCUT2D eigenvalue weighted by Crippen LogP contribution is 2.22. The second-order valence-electron chi connectivity index (χ2n) is 7.23. The molecule has 0 bridgehead atoms. The van der Waals surface area contributed by atoms with E-state index in [1.54, 1.807) is 17.1 Å². The maximum Gasteiger partial charge on any atom is 0.408 e. The Morgan fingerprint density at radius 1 is 1.22 bits per heavy atom. The summed E-state index contributed by atoms with van der Waals surface area (Å²) in [4.78, 5) is 19.9. The predicted molar refractivity (Wildman–Crippen MR) is 105 cm³/mol. The van der Waals surface area contributed by atoms with Gasteiger partial charge < -0.3 is 10.1 Å². The number of ether oxygens (including phenoxy) is 1. The van der Waals surface area contributed by atoms with Gasteiger partial charge in [0.25, 0.3) is 0 Å². The molecule has 1 amide bonds. The lowest BCUT2D eigenvalue weighted by molar-refractivity contribution is 0.0518. The van der Waals surface area contributed by atoms with Crippen LogP contribution in [0.3, 0.4) is 0 Å². The van der Waals surface area contributed by atoms with Crippen molar-refractivity contribution in [2.24, 2.45) is 0 Å². The summed E-state index contributed by atoms with van der Waals surface area (Å²) >= 11 is 0. The molecule has 1 aromatic carbocycles. The number of carbonyl (C=O) groups excluding carboxylic acids is 1. The number of nitrogens with one attached hydrogen (secondary N) is 1. The average Bonchev–Trinajstić information content (AvgIpc) is 3.03. The summed E-state index contributed by atoms with van der Waals surface area (Å²) in [6.07, 6.45) is 10.2. The fourth-order valence-corrected chi connectivity index (χ4v) is 2.61. The lowest BCUT2D eigenvalue weighted by atomic mass is 10.1. The molecule has 0 unspecified atom stereocenters. The van der Waals surface area contributed by atoms with Crippen molar-refractivity contribution in [2.75, 3.05) is 0 Å². The number of carbonyl (C=O) groups is 1. The zero-order valence-electron chi connectivity index (χ0n) is 15.9. The van der Waals surface area contributed by atoms with Gasteiger partial charge in [0, 0.05) is 11.4 Å². The van der Waals surface area contributed by atoms with E-state index in [0.717, 1.165) is 22.2 Å². The van der Waals surface area contributed by atoms with Crippen molar-refractivity contribution in [3.05, 3.63) is 54.8 Å². The Bertz CT molecular complexity index is 957. The fourth-order valence-electron chi connectivity index (χ4n) is 2.61. The van der Waals surface area contributed by atoms with E-state index in [1.165, 1.54) is 6.33 Å². The minimum absolute atomic E-state index is 0.173. The Kier molecular flexibility index (Phi) is 5.21. The summed E-state index contributed by atoms with van der Waals surface area (Å²) in [5.41, 5.74) is 2.25. The molecule has 0 aliphatic heterocycles. The van der Waals surface area contributed by atoms with Crippen LogP contribution in [0.2, 0.25) is 0 Å². The van der Waals surface area contributed by atoms with E-state index in [-0.39, 0.29) is 6.04 Å². The first kappa shape index (κ1) is 18.6. The summed E-state index contributed by atoms with van der Waals surface area (Å²) < 4.78 is 7.07. The first-order chi connectivity index (χ1) is 12.8. The van der Waals surface area contributed by atoms with Crippen molar-refractivity contribution in [1.29, 1.82) is 0 Å². The van der Waals surface area contributed by atoms with Crippen molar-refractivity contribution < 1.29 is 9.53 Å². The topological polar surface area (TPSA) is 81.9 Å². The van der Waals surface area contributed by atoms with Gasteiger partial charge in [0.05, 0.1) is 24.1 Å². The maximum absolute atomic E-state index is 11.9. The van der Waals surface area contributed by atoms with Gasteiger partial charge in [0.15, 0.2) is 0 Å². The van der Waals surface area contributed by atoms with Gasteiger partial charge in [0.2, 0.25) is 0 Å². The fraction of sp³-hybridized carbons (Fsp3) is 0.300. The molecule has 0 spiro atoms. The monoisotopic (exact) mass is 365 g/mol. The second-order valence-corrected chi connectivity index (χ2v) is 7.23. The lowest BCUT2D eigenvalue weighted by Crippen LogP contribution is -2.36. The zero-order valence-corrected chi connectivity index (χ0v) is 15.9. The highest BCUT2D eigenvalue weighted by molar-refractivity contribution is 5.89. The molecule has 0 aliphatic carbocycles. The minimum Gasteiger partial charge on any atom is -0.444 e. The van der Waals surface area contributed by atoms with Crippen LogP contribution in [0.5, 0.6) is 0 Å². The maximum atomic E-state index is 11.9. The molecular weight excluding hydrogens is 342 g/mol. The van der Waals surface area contributed by atoms with Crippen LogP contribution >= 0.6 is 0 Å². The molecule has 3 aromatic rings. The number of amides is 1. The van der Waals surface area contributed by atoms with Crippen molar-refractivity contribution in [3.8, 4) is 5.69 Å². The van der Waals surface area contributed by atoms with Crippen LogP contribution in [-0.2, 0) is 4.74 Å². The summed E-state index contributed by atoms with van der Waals surface area (Å²) in [5, 5.41) is 8.26. The van der Waals surface area contributed by atoms with Crippen molar-refractivity contribution in [3.63, 3.8) is 0 Å². The molecule has 140 valence electrons. The number of alkyl carbamates (subject to hydrolysis) is 1. The Hall–Kier alpha value is -3.22. The highest BCUT2D eigenvalue weighted by Gasteiger charge is 2.16. The Balaban J connectivity index is 1.78. The van der Waals surface area contributed by atoms with Crippen LogP contribution in [0.15, 0.2) is 49.2 Å². The molecule has 0 saturated carbocycles. The smallest absolute Gasteiger partial charge is 0.408 e. The van der Waals surface area contributed by atoms with E-state index in [1.807, 2.05) is 64.2 Å². The Morgan fingerprint density at radius 3 is 2.67 bits per heavy atom. The third-order valence-electron chi connectivity index (χ3n) is 3.75. The number of aromatic nitrogens is 4. The number of hydrogen-bond acceptors (Lipinski definition) is 5. The number of benzene rings is 1. The Morgan fingerprint density at radius 2 is 1.96 bits per heavy atom. The highest BCUT2D eigenvalue weighted by atomic mass is 16.6. The van der Waals surface area contributed by atoms with Crippen LogP contribution in [0.4, 0.5) is 4.79 Å². The average molecular weight is 365 g/mol. The second kappa shape index (κ2) is 7.57. The van der Waals surface area contributed by atoms with Gasteiger partial charge in [-0.1, -0.05) is 24.3 Å². The quantitative estimate of drug-likeness (QED) is 0.761. The van der Waals surface area contributed by atoms with Gasteiger partial charge in [-0.3, -0.25) is 0 Å². The van der Waals surface area contributed by atoms with E-state index < -0.39 is 11.7 Å². The van der Waals surface area contributed by atoms with E-state index in [0.29, 0.717) is 0 Å². The van der Waals surface area contributed by atoms with Crippen molar-refractivity contribution >= 4 is 23.1 Å². The molecule has 2 heterocycles. The van der Waals surface area contributed by atoms with E-state index >= 15 is 0 Å². The van der Waals surface area contributed by atoms with Crippen LogP contribution < -0.4 is 5.32 Å². The van der Waals surface area contributed by atoms with Gasteiger partial charge in [-0.25, -0.2) is 19.4 Å². The molecule has 0 saturated heterocycles. The van der Waals surface area contributed by atoms with Crippen LogP contribution in [0, 0.1) is 0 Å². The molecule has 0 radical (unpaired) electrons.